The highest BCUT2D eigenvalue weighted by Crippen LogP contribution is 2.22. The number of hydrogen-bond acceptors (Lipinski definition) is 8. The molecule has 9 heteroatoms. The van der Waals surface area contributed by atoms with Crippen molar-refractivity contribution in [2.45, 2.75) is 39.2 Å². The van der Waals surface area contributed by atoms with Crippen LogP contribution in [0.1, 0.15) is 30.9 Å². The number of methoxy groups -OCH3 is 1. The van der Waals surface area contributed by atoms with Crippen molar-refractivity contribution in [1.82, 2.24) is 20.2 Å². The number of likely N-dealkylation sites (tertiary alicyclic amines) is 1. The van der Waals surface area contributed by atoms with E-state index < -0.39 is 0 Å². The Morgan fingerprint density at radius 1 is 1.19 bits per heavy atom. The summed E-state index contributed by atoms with van der Waals surface area (Å²) < 4.78 is 11.1. The summed E-state index contributed by atoms with van der Waals surface area (Å²) in [6.45, 7) is 8.35. The zero-order valence-corrected chi connectivity index (χ0v) is 21.3. The van der Waals surface area contributed by atoms with Crippen LogP contribution < -0.4 is 14.8 Å². The molecule has 3 aromatic rings. The van der Waals surface area contributed by atoms with Crippen molar-refractivity contribution >= 4 is 16.7 Å². The number of piperidine rings is 1. The topological polar surface area (TPSA) is 103 Å². The van der Waals surface area contributed by atoms with Crippen LogP contribution in [-0.2, 0) is 6.42 Å². The highest BCUT2D eigenvalue weighted by molar-refractivity contribution is 5.76. The van der Waals surface area contributed by atoms with Gasteiger partial charge in [-0.2, -0.15) is 0 Å². The van der Waals surface area contributed by atoms with Crippen molar-refractivity contribution in [3.05, 3.63) is 63.8 Å². The molecule has 1 unspecified atom stereocenters. The highest BCUT2D eigenvalue weighted by atomic mass is 16.6. The number of aryl methyl sites for hydroxylation is 1. The van der Waals surface area contributed by atoms with E-state index in [1.807, 2.05) is 30.3 Å². The maximum Gasteiger partial charge on any atom is 0.272 e. The average molecular weight is 494 g/mol. The maximum absolute atomic E-state index is 11.2. The third-order valence-corrected chi connectivity index (χ3v) is 6.78. The number of nitro benzene ring substituents is 1. The molecule has 36 heavy (non-hydrogen) atoms. The summed E-state index contributed by atoms with van der Waals surface area (Å²) >= 11 is 0. The lowest BCUT2D eigenvalue weighted by molar-refractivity contribution is -0.385. The van der Waals surface area contributed by atoms with Gasteiger partial charge in [0.2, 0.25) is 5.88 Å². The molecular weight excluding hydrogens is 458 g/mol. The van der Waals surface area contributed by atoms with Gasteiger partial charge in [0.15, 0.2) is 0 Å². The van der Waals surface area contributed by atoms with E-state index in [9.17, 15) is 10.1 Å². The quantitative estimate of drug-likeness (QED) is 0.314. The number of nitro groups is 1. The molecule has 2 aromatic carbocycles. The van der Waals surface area contributed by atoms with Gasteiger partial charge in [-0.1, -0.05) is 19.1 Å². The van der Waals surface area contributed by atoms with Crippen LogP contribution in [0.5, 0.6) is 11.6 Å². The molecule has 1 atom stereocenters. The minimum atomic E-state index is -0.298. The summed E-state index contributed by atoms with van der Waals surface area (Å²) in [5.74, 6) is 1.68. The number of ether oxygens (including phenoxy) is 2. The first-order valence-electron chi connectivity index (χ1n) is 12.5. The Morgan fingerprint density at radius 2 is 2.00 bits per heavy atom. The lowest BCUT2D eigenvalue weighted by atomic mass is 9.98. The Labute approximate surface area is 212 Å². The summed E-state index contributed by atoms with van der Waals surface area (Å²) in [5, 5.41) is 14.9. The summed E-state index contributed by atoms with van der Waals surface area (Å²) in [6, 6.07) is 11.7. The molecule has 0 aliphatic carbocycles. The molecule has 0 amide bonds. The predicted molar refractivity (Wildman–Crippen MR) is 140 cm³/mol. The van der Waals surface area contributed by atoms with Gasteiger partial charge in [0, 0.05) is 30.3 Å². The molecule has 4 rings (SSSR count). The molecule has 1 N–H and O–H groups in total. The van der Waals surface area contributed by atoms with E-state index >= 15 is 0 Å². The molecule has 1 saturated heterocycles. The summed E-state index contributed by atoms with van der Waals surface area (Å²) in [6.07, 6.45) is 4.69. The molecular formula is C27H35N5O4. The minimum absolute atomic E-state index is 0.205. The summed E-state index contributed by atoms with van der Waals surface area (Å²) in [5.41, 5.74) is 3.50. The lowest BCUT2D eigenvalue weighted by Gasteiger charge is -2.32. The van der Waals surface area contributed by atoms with Crippen LogP contribution in [0.2, 0.25) is 0 Å². The van der Waals surface area contributed by atoms with Crippen molar-refractivity contribution in [3.63, 3.8) is 0 Å². The van der Waals surface area contributed by atoms with E-state index in [2.05, 4.69) is 27.1 Å². The SMILES string of the molecule is COc1ccc2ncc(OCCN3CCC(NCC(C)Cc4ccc(C)c([N+](=O)[O-])c4)CC3)nc2c1. The summed E-state index contributed by atoms with van der Waals surface area (Å²) in [7, 11) is 1.63. The first-order valence-corrected chi connectivity index (χ1v) is 12.5. The molecule has 0 radical (unpaired) electrons. The largest absolute Gasteiger partial charge is 0.497 e. The van der Waals surface area contributed by atoms with Gasteiger partial charge in [-0.15, -0.1) is 0 Å². The lowest BCUT2D eigenvalue weighted by Crippen LogP contribution is -2.44. The summed E-state index contributed by atoms with van der Waals surface area (Å²) in [4.78, 5) is 22.3. The molecule has 192 valence electrons. The highest BCUT2D eigenvalue weighted by Gasteiger charge is 2.20. The van der Waals surface area contributed by atoms with Crippen LogP contribution in [0.15, 0.2) is 42.6 Å². The fourth-order valence-electron chi connectivity index (χ4n) is 4.63. The Morgan fingerprint density at radius 3 is 2.75 bits per heavy atom. The Kier molecular flexibility index (Phi) is 8.66. The van der Waals surface area contributed by atoms with Crippen LogP contribution in [0.3, 0.4) is 0 Å². The second kappa shape index (κ2) is 12.1. The zero-order valence-electron chi connectivity index (χ0n) is 21.3. The standard InChI is InChI=1S/C27H35N5O4/c1-19(14-21-5-4-20(2)26(15-21)32(33)34)17-28-22-8-10-31(11-9-22)12-13-36-27-18-29-24-7-6-23(35-3)16-25(24)30-27/h4-7,15-16,18-19,22,28H,8-14,17H2,1-3H3. The van der Waals surface area contributed by atoms with Gasteiger partial charge in [-0.05, 0) is 69.4 Å². The van der Waals surface area contributed by atoms with Crippen LogP contribution in [0, 0.1) is 23.0 Å². The average Bonchev–Trinajstić information content (AvgIpc) is 2.88. The van der Waals surface area contributed by atoms with Crippen molar-refractivity contribution in [2.75, 3.05) is 39.9 Å². The van der Waals surface area contributed by atoms with E-state index in [-0.39, 0.29) is 10.6 Å². The van der Waals surface area contributed by atoms with Gasteiger partial charge in [0.25, 0.3) is 5.69 Å². The molecule has 0 spiro atoms. The number of fused-ring (bicyclic) bond motifs is 1. The number of benzene rings is 2. The van der Waals surface area contributed by atoms with Gasteiger partial charge in [-0.3, -0.25) is 15.0 Å². The third kappa shape index (κ3) is 6.89. The van der Waals surface area contributed by atoms with Crippen LogP contribution in [0.4, 0.5) is 5.69 Å². The van der Waals surface area contributed by atoms with E-state index in [0.29, 0.717) is 30.0 Å². The fourth-order valence-corrected chi connectivity index (χ4v) is 4.63. The fraction of sp³-hybridized carbons (Fsp3) is 0.481. The second-order valence-electron chi connectivity index (χ2n) is 9.62. The predicted octanol–water partition coefficient (Wildman–Crippen LogP) is 4.17. The molecule has 0 saturated carbocycles. The molecule has 1 fully saturated rings. The molecule has 2 heterocycles. The number of hydrogen-bond donors (Lipinski definition) is 1. The molecule has 1 aliphatic rings. The van der Waals surface area contributed by atoms with Crippen molar-refractivity contribution in [1.29, 1.82) is 0 Å². The second-order valence-corrected chi connectivity index (χ2v) is 9.62. The van der Waals surface area contributed by atoms with Crippen LogP contribution in [-0.4, -0.2) is 65.7 Å². The van der Waals surface area contributed by atoms with Crippen LogP contribution >= 0.6 is 0 Å². The van der Waals surface area contributed by atoms with Gasteiger partial charge in [-0.25, -0.2) is 9.97 Å². The molecule has 0 bridgehead atoms. The normalized spacial score (nSPS) is 15.6. The van der Waals surface area contributed by atoms with E-state index in [1.54, 1.807) is 26.3 Å². The van der Waals surface area contributed by atoms with Gasteiger partial charge < -0.3 is 14.8 Å². The number of aromatic nitrogens is 2. The monoisotopic (exact) mass is 493 g/mol. The Balaban J connectivity index is 1.15. The molecule has 1 aromatic heterocycles. The van der Waals surface area contributed by atoms with Crippen molar-refractivity contribution < 1.29 is 14.4 Å². The third-order valence-electron chi connectivity index (χ3n) is 6.78. The molecule has 1 aliphatic heterocycles. The van der Waals surface area contributed by atoms with Gasteiger partial charge >= 0.3 is 0 Å². The number of rotatable bonds is 11. The smallest absolute Gasteiger partial charge is 0.272 e. The van der Waals surface area contributed by atoms with Crippen LogP contribution in [0.25, 0.3) is 11.0 Å². The van der Waals surface area contributed by atoms with Crippen molar-refractivity contribution in [2.24, 2.45) is 5.92 Å². The van der Waals surface area contributed by atoms with E-state index in [0.717, 1.165) is 67.8 Å². The van der Waals surface area contributed by atoms with Gasteiger partial charge in [0.05, 0.1) is 29.3 Å². The van der Waals surface area contributed by atoms with E-state index in [4.69, 9.17) is 9.47 Å². The Hall–Kier alpha value is -3.30. The maximum atomic E-state index is 11.2. The zero-order chi connectivity index (χ0) is 25.5. The number of nitrogens with zero attached hydrogens (tertiary/aromatic N) is 4. The molecule has 9 nitrogen and oxygen atoms in total. The van der Waals surface area contributed by atoms with E-state index in [1.165, 1.54) is 0 Å². The van der Waals surface area contributed by atoms with Crippen molar-refractivity contribution in [3.8, 4) is 11.6 Å². The first kappa shape index (κ1) is 25.8. The minimum Gasteiger partial charge on any atom is -0.497 e. The number of nitrogens with one attached hydrogen (secondary N) is 1. The van der Waals surface area contributed by atoms with Gasteiger partial charge in [0.1, 0.15) is 12.4 Å². The Bertz CT molecular complexity index is 1180. The first-order chi connectivity index (χ1) is 17.4.